The molecule has 5 heteroatoms. The molecule has 0 radical (unpaired) electrons. The molecule has 3 aromatic rings. The number of nitrogens with zero attached hydrogens (tertiary/aromatic N) is 2. The van der Waals surface area contributed by atoms with Gasteiger partial charge in [0.1, 0.15) is 10.5 Å². The quantitative estimate of drug-likeness (QED) is 0.807. The minimum absolute atomic E-state index is 0.0227. The molecule has 1 atom stereocenters. The highest BCUT2D eigenvalue weighted by Gasteiger charge is 2.26. The Balaban J connectivity index is 1.62. The number of aromatic nitrogens is 2. The van der Waals surface area contributed by atoms with Gasteiger partial charge in [0, 0.05) is 6.04 Å². The van der Waals surface area contributed by atoms with Gasteiger partial charge < -0.3 is 4.98 Å². The Bertz CT molecular complexity index is 840. The van der Waals surface area contributed by atoms with Gasteiger partial charge in [0.05, 0.1) is 12.1 Å². The first-order valence-electron chi connectivity index (χ1n) is 7.56. The number of thiophene rings is 1. The van der Waals surface area contributed by atoms with Gasteiger partial charge in [-0.1, -0.05) is 30.3 Å². The number of hydrogen-bond acceptors (Lipinski definition) is 4. The third-order valence-corrected chi connectivity index (χ3v) is 5.17. The lowest BCUT2D eigenvalue weighted by Gasteiger charge is -2.24. The monoisotopic (exact) mass is 311 g/mol. The smallest absolute Gasteiger partial charge is 0.268 e. The van der Waals surface area contributed by atoms with Crippen LogP contribution < -0.4 is 5.56 Å². The highest BCUT2D eigenvalue weighted by Crippen LogP contribution is 2.32. The molecule has 1 unspecified atom stereocenters. The van der Waals surface area contributed by atoms with Crippen molar-refractivity contribution >= 4 is 21.6 Å². The zero-order valence-corrected chi connectivity index (χ0v) is 13.0. The van der Waals surface area contributed by atoms with Crippen molar-refractivity contribution in [1.29, 1.82) is 0 Å². The van der Waals surface area contributed by atoms with E-state index in [-0.39, 0.29) is 5.56 Å². The maximum Gasteiger partial charge on any atom is 0.268 e. The SMILES string of the molecule is O=c1[nH]c(CN2CCCC2c2ccccc2)nc2ccsc12. The van der Waals surface area contributed by atoms with Crippen molar-refractivity contribution < 1.29 is 0 Å². The van der Waals surface area contributed by atoms with Crippen LogP contribution in [-0.4, -0.2) is 21.4 Å². The third kappa shape index (κ3) is 2.46. The first-order valence-corrected chi connectivity index (χ1v) is 8.44. The number of fused-ring (bicyclic) bond motifs is 1. The van der Waals surface area contributed by atoms with Crippen LogP contribution >= 0.6 is 11.3 Å². The van der Waals surface area contributed by atoms with Gasteiger partial charge in [-0.2, -0.15) is 0 Å². The molecule has 3 heterocycles. The van der Waals surface area contributed by atoms with Crippen LogP contribution in [-0.2, 0) is 6.54 Å². The topological polar surface area (TPSA) is 49.0 Å². The molecule has 1 fully saturated rings. The molecule has 1 saturated heterocycles. The maximum absolute atomic E-state index is 12.1. The fourth-order valence-electron chi connectivity index (χ4n) is 3.26. The van der Waals surface area contributed by atoms with Crippen molar-refractivity contribution in [2.75, 3.05) is 6.54 Å². The molecule has 1 aliphatic heterocycles. The largest absolute Gasteiger partial charge is 0.308 e. The second-order valence-electron chi connectivity index (χ2n) is 5.69. The Hall–Kier alpha value is -1.98. The van der Waals surface area contributed by atoms with Gasteiger partial charge in [-0.3, -0.25) is 9.69 Å². The normalized spacial score (nSPS) is 19.0. The van der Waals surface area contributed by atoms with E-state index in [1.165, 1.54) is 23.3 Å². The lowest BCUT2D eigenvalue weighted by molar-refractivity contribution is 0.242. The first-order chi connectivity index (χ1) is 10.8. The third-order valence-electron chi connectivity index (χ3n) is 4.26. The van der Waals surface area contributed by atoms with Crippen LogP contribution in [0.4, 0.5) is 0 Å². The molecule has 4 rings (SSSR count). The van der Waals surface area contributed by atoms with Gasteiger partial charge in [-0.25, -0.2) is 4.98 Å². The van der Waals surface area contributed by atoms with E-state index >= 15 is 0 Å². The average molecular weight is 311 g/mol. The fourth-order valence-corrected chi connectivity index (χ4v) is 3.98. The van der Waals surface area contributed by atoms with E-state index in [9.17, 15) is 4.79 Å². The average Bonchev–Trinajstić information content (AvgIpc) is 3.17. The van der Waals surface area contributed by atoms with E-state index < -0.39 is 0 Å². The number of rotatable bonds is 3. The van der Waals surface area contributed by atoms with E-state index in [4.69, 9.17) is 0 Å². The van der Waals surface area contributed by atoms with Gasteiger partial charge >= 0.3 is 0 Å². The Morgan fingerprint density at radius 1 is 1.27 bits per heavy atom. The van der Waals surface area contributed by atoms with Crippen molar-refractivity contribution in [2.24, 2.45) is 0 Å². The summed E-state index contributed by atoms with van der Waals surface area (Å²) in [6.45, 7) is 1.74. The lowest BCUT2D eigenvalue weighted by atomic mass is 10.0. The highest BCUT2D eigenvalue weighted by molar-refractivity contribution is 7.17. The van der Waals surface area contributed by atoms with Crippen LogP contribution in [0.2, 0.25) is 0 Å². The molecule has 0 spiro atoms. The molecule has 1 aliphatic rings. The van der Waals surface area contributed by atoms with E-state index in [1.807, 2.05) is 17.5 Å². The molecular weight excluding hydrogens is 294 g/mol. The van der Waals surface area contributed by atoms with Crippen LogP contribution in [0.15, 0.2) is 46.6 Å². The summed E-state index contributed by atoms with van der Waals surface area (Å²) in [4.78, 5) is 22.0. The zero-order valence-electron chi connectivity index (χ0n) is 12.2. The highest BCUT2D eigenvalue weighted by atomic mass is 32.1. The van der Waals surface area contributed by atoms with Crippen LogP contribution in [0, 0.1) is 0 Å². The molecule has 0 saturated carbocycles. The van der Waals surface area contributed by atoms with Gasteiger partial charge in [0.2, 0.25) is 0 Å². The summed E-state index contributed by atoms with van der Waals surface area (Å²) in [7, 11) is 0. The number of nitrogens with one attached hydrogen (secondary N) is 1. The molecule has 1 N–H and O–H groups in total. The zero-order chi connectivity index (χ0) is 14.9. The molecule has 2 aromatic heterocycles. The van der Waals surface area contributed by atoms with E-state index in [0.29, 0.717) is 17.3 Å². The Labute approximate surface area is 132 Å². The van der Waals surface area contributed by atoms with Crippen molar-refractivity contribution in [1.82, 2.24) is 14.9 Å². The maximum atomic E-state index is 12.1. The first kappa shape index (κ1) is 13.7. The van der Waals surface area contributed by atoms with Gasteiger partial charge in [0.15, 0.2) is 0 Å². The van der Waals surface area contributed by atoms with Crippen LogP contribution in [0.25, 0.3) is 10.2 Å². The fraction of sp³-hybridized carbons (Fsp3) is 0.294. The van der Waals surface area contributed by atoms with E-state index in [0.717, 1.165) is 24.3 Å². The van der Waals surface area contributed by atoms with Gasteiger partial charge in [-0.15, -0.1) is 11.3 Å². The van der Waals surface area contributed by atoms with Crippen LogP contribution in [0.5, 0.6) is 0 Å². The summed E-state index contributed by atoms with van der Waals surface area (Å²) >= 11 is 1.44. The van der Waals surface area contributed by atoms with Gasteiger partial charge in [-0.05, 0) is 36.4 Å². The van der Waals surface area contributed by atoms with Crippen molar-refractivity contribution in [2.45, 2.75) is 25.4 Å². The Kier molecular flexibility index (Phi) is 3.52. The predicted molar refractivity (Wildman–Crippen MR) is 89.1 cm³/mol. The summed E-state index contributed by atoms with van der Waals surface area (Å²) in [6.07, 6.45) is 2.35. The van der Waals surface area contributed by atoms with Crippen LogP contribution in [0.1, 0.15) is 30.3 Å². The summed E-state index contributed by atoms with van der Waals surface area (Å²) in [5, 5.41) is 1.92. The number of hydrogen-bond donors (Lipinski definition) is 1. The van der Waals surface area contributed by atoms with Crippen LogP contribution in [0.3, 0.4) is 0 Å². The molecule has 1 aromatic carbocycles. The number of benzene rings is 1. The summed E-state index contributed by atoms with van der Waals surface area (Å²) in [5.41, 5.74) is 2.13. The Morgan fingerprint density at radius 2 is 2.14 bits per heavy atom. The van der Waals surface area contributed by atoms with Crippen molar-refractivity contribution in [3.05, 3.63) is 63.5 Å². The van der Waals surface area contributed by atoms with Gasteiger partial charge in [0.25, 0.3) is 5.56 Å². The number of likely N-dealkylation sites (tertiary alicyclic amines) is 1. The molecule has 112 valence electrons. The molecule has 0 amide bonds. The number of H-pyrrole nitrogens is 1. The molecule has 0 bridgehead atoms. The summed E-state index contributed by atoms with van der Waals surface area (Å²) < 4.78 is 0.713. The molecular formula is C17H17N3OS. The van der Waals surface area contributed by atoms with E-state index in [2.05, 4.69) is 39.1 Å². The second-order valence-corrected chi connectivity index (χ2v) is 6.60. The molecule has 22 heavy (non-hydrogen) atoms. The minimum atomic E-state index is -0.0227. The lowest BCUT2D eigenvalue weighted by Crippen LogP contribution is -2.25. The van der Waals surface area contributed by atoms with E-state index in [1.54, 1.807) is 0 Å². The predicted octanol–water partition coefficient (Wildman–Crippen LogP) is 3.32. The molecule has 0 aliphatic carbocycles. The summed E-state index contributed by atoms with van der Waals surface area (Å²) in [5.74, 6) is 0.763. The minimum Gasteiger partial charge on any atom is -0.308 e. The second kappa shape index (κ2) is 5.66. The molecule has 4 nitrogen and oxygen atoms in total. The van der Waals surface area contributed by atoms with Crippen molar-refractivity contribution in [3.63, 3.8) is 0 Å². The Morgan fingerprint density at radius 3 is 3.00 bits per heavy atom. The number of aromatic amines is 1. The standard InChI is InChI=1S/C17H17N3OS/c21-17-16-13(8-10-22-16)18-15(19-17)11-20-9-4-7-14(20)12-5-2-1-3-6-12/h1-3,5-6,8,10,14H,4,7,9,11H2,(H,18,19,21). The summed E-state index contributed by atoms with van der Waals surface area (Å²) in [6, 6.07) is 12.9. The van der Waals surface area contributed by atoms with Crippen molar-refractivity contribution in [3.8, 4) is 0 Å².